The molecule has 2 aliphatic rings. The van der Waals surface area contributed by atoms with Gasteiger partial charge >= 0.3 is 0 Å². The summed E-state index contributed by atoms with van der Waals surface area (Å²) in [6, 6.07) is 0. The van der Waals surface area contributed by atoms with E-state index in [9.17, 15) is 0 Å². The molecule has 4 rings (SSSR count). The minimum Gasteiger partial charge on any atom is -0.381 e. The summed E-state index contributed by atoms with van der Waals surface area (Å²) in [5.74, 6) is 1.48. The summed E-state index contributed by atoms with van der Waals surface area (Å²) in [7, 11) is 0. The predicted octanol–water partition coefficient (Wildman–Crippen LogP) is 0.437. The van der Waals surface area contributed by atoms with E-state index < -0.39 is 0 Å². The summed E-state index contributed by atoms with van der Waals surface area (Å²) in [6.45, 7) is 4.55. The summed E-state index contributed by atoms with van der Waals surface area (Å²) in [5, 5.41) is 4.36. The van der Waals surface area contributed by atoms with Gasteiger partial charge in [0.15, 0.2) is 5.65 Å². The highest BCUT2D eigenvalue weighted by Gasteiger charge is 2.23. The molecule has 118 valence electrons. The zero-order valence-corrected chi connectivity index (χ0v) is 12.4. The van der Waals surface area contributed by atoms with Gasteiger partial charge in [-0.25, -0.2) is 0 Å². The van der Waals surface area contributed by atoms with E-state index in [0.29, 0.717) is 31.0 Å². The number of morpholine rings is 1. The molecule has 4 heterocycles. The Labute approximate surface area is 128 Å². The first-order valence-corrected chi connectivity index (χ1v) is 7.74. The maximum atomic E-state index is 6.07. The van der Waals surface area contributed by atoms with Crippen LogP contribution in [0.15, 0.2) is 6.20 Å². The third kappa shape index (κ3) is 2.38. The van der Waals surface area contributed by atoms with Gasteiger partial charge in [0, 0.05) is 31.9 Å². The number of hydrogen-bond donors (Lipinski definition) is 1. The quantitative estimate of drug-likeness (QED) is 0.860. The molecule has 0 bridgehead atoms. The van der Waals surface area contributed by atoms with Crippen LogP contribution in [0.25, 0.3) is 5.65 Å². The first kappa shape index (κ1) is 13.7. The summed E-state index contributed by atoms with van der Waals surface area (Å²) in [4.78, 5) is 11.2. The molecule has 0 aliphatic carbocycles. The Morgan fingerprint density at radius 3 is 2.55 bits per heavy atom. The number of nitrogens with two attached hydrogens (primary N) is 1. The molecule has 0 radical (unpaired) electrons. The monoisotopic (exact) mass is 304 g/mol. The van der Waals surface area contributed by atoms with Crippen molar-refractivity contribution >= 4 is 17.5 Å². The molecule has 0 atom stereocenters. The number of fused-ring (bicyclic) bond motifs is 1. The highest BCUT2D eigenvalue weighted by atomic mass is 16.5. The van der Waals surface area contributed by atoms with Crippen molar-refractivity contribution in [2.24, 2.45) is 0 Å². The number of nitrogen functional groups attached to an aromatic ring is 1. The Morgan fingerprint density at radius 2 is 1.77 bits per heavy atom. The van der Waals surface area contributed by atoms with E-state index in [1.807, 2.05) is 6.20 Å². The van der Waals surface area contributed by atoms with E-state index in [1.54, 1.807) is 4.52 Å². The highest BCUT2D eigenvalue weighted by molar-refractivity contribution is 5.55. The lowest BCUT2D eigenvalue weighted by atomic mass is 9.94. The Morgan fingerprint density at radius 1 is 1.05 bits per heavy atom. The molecule has 22 heavy (non-hydrogen) atoms. The van der Waals surface area contributed by atoms with Crippen LogP contribution in [0, 0.1) is 0 Å². The lowest BCUT2D eigenvalue weighted by molar-refractivity contribution is 0.0855. The fraction of sp³-hybridized carbons (Fsp3) is 0.643. The van der Waals surface area contributed by atoms with Gasteiger partial charge in [0.05, 0.1) is 19.4 Å². The average Bonchev–Trinajstić information content (AvgIpc) is 3.01. The van der Waals surface area contributed by atoms with Crippen LogP contribution in [-0.2, 0) is 9.47 Å². The van der Waals surface area contributed by atoms with Gasteiger partial charge in [0.1, 0.15) is 0 Å². The lowest BCUT2D eigenvalue weighted by Crippen LogP contribution is -2.37. The van der Waals surface area contributed by atoms with E-state index in [-0.39, 0.29) is 0 Å². The van der Waals surface area contributed by atoms with Crippen molar-refractivity contribution in [3.8, 4) is 0 Å². The molecule has 8 nitrogen and oxygen atoms in total. The second kappa shape index (κ2) is 5.69. The fourth-order valence-corrected chi connectivity index (χ4v) is 3.11. The third-order valence-electron chi connectivity index (χ3n) is 4.36. The normalized spacial score (nSPS) is 20.6. The number of rotatable bonds is 2. The van der Waals surface area contributed by atoms with Crippen LogP contribution in [-0.4, -0.2) is 59.1 Å². The first-order chi connectivity index (χ1) is 10.8. The zero-order chi connectivity index (χ0) is 14.9. The molecular weight excluding hydrogens is 284 g/mol. The number of ether oxygens (including phenoxy) is 2. The Balaban J connectivity index is 1.74. The van der Waals surface area contributed by atoms with Crippen molar-refractivity contribution in [3.05, 3.63) is 11.8 Å². The van der Waals surface area contributed by atoms with E-state index >= 15 is 0 Å². The minimum atomic E-state index is 0.379. The summed E-state index contributed by atoms with van der Waals surface area (Å²) < 4.78 is 12.5. The molecule has 0 spiro atoms. The SMILES string of the molecule is Nc1nc(N2CCOCC2)nc2c(C3CCOCC3)cnn12. The average molecular weight is 304 g/mol. The largest absolute Gasteiger partial charge is 0.381 e. The Kier molecular flexibility index (Phi) is 3.55. The van der Waals surface area contributed by atoms with Gasteiger partial charge in [-0.2, -0.15) is 19.6 Å². The first-order valence-electron chi connectivity index (χ1n) is 7.74. The molecule has 0 aromatic carbocycles. The second-order valence-electron chi connectivity index (χ2n) is 5.70. The molecule has 2 aromatic rings. The third-order valence-corrected chi connectivity index (χ3v) is 4.36. The molecule has 2 aromatic heterocycles. The summed E-state index contributed by atoms with van der Waals surface area (Å²) >= 11 is 0. The molecule has 8 heteroatoms. The van der Waals surface area contributed by atoms with Gasteiger partial charge in [-0.1, -0.05) is 0 Å². The van der Waals surface area contributed by atoms with Crippen molar-refractivity contribution in [3.63, 3.8) is 0 Å². The van der Waals surface area contributed by atoms with Gasteiger partial charge in [0.2, 0.25) is 11.9 Å². The summed E-state index contributed by atoms with van der Waals surface area (Å²) in [5.41, 5.74) is 8.04. The predicted molar refractivity (Wildman–Crippen MR) is 81.0 cm³/mol. The van der Waals surface area contributed by atoms with Crippen molar-refractivity contribution in [1.82, 2.24) is 19.6 Å². The molecule has 2 saturated heterocycles. The van der Waals surface area contributed by atoms with E-state index in [1.165, 1.54) is 0 Å². The maximum absolute atomic E-state index is 6.07. The van der Waals surface area contributed by atoms with E-state index in [4.69, 9.17) is 20.2 Å². The smallest absolute Gasteiger partial charge is 0.230 e. The van der Waals surface area contributed by atoms with Crippen LogP contribution in [0.4, 0.5) is 11.9 Å². The maximum Gasteiger partial charge on any atom is 0.230 e. The molecule has 2 aliphatic heterocycles. The van der Waals surface area contributed by atoms with Crippen LogP contribution < -0.4 is 10.6 Å². The molecule has 2 N–H and O–H groups in total. The van der Waals surface area contributed by atoms with Gasteiger partial charge in [-0.05, 0) is 18.8 Å². The summed E-state index contributed by atoms with van der Waals surface area (Å²) in [6.07, 6.45) is 3.87. The molecule has 0 saturated carbocycles. The topological polar surface area (TPSA) is 90.8 Å². The Hall–Kier alpha value is -1.93. The van der Waals surface area contributed by atoms with Gasteiger partial charge < -0.3 is 20.1 Å². The fourth-order valence-electron chi connectivity index (χ4n) is 3.11. The molecular formula is C14H20N6O2. The number of anilines is 2. The lowest BCUT2D eigenvalue weighted by Gasteiger charge is -2.27. The molecule has 0 unspecified atom stereocenters. The number of hydrogen-bond acceptors (Lipinski definition) is 7. The van der Waals surface area contributed by atoms with E-state index in [0.717, 1.165) is 50.4 Å². The van der Waals surface area contributed by atoms with E-state index in [2.05, 4.69) is 15.0 Å². The van der Waals surface area contributed by atoms with Crippen molar-refractivity contribution < 1.29 is 9.47 Å². The van der Waals surface area contributed by atoms with Gasteiger partial charge in [-0.3, -0.25) is 0 Å². The zero-order valence-electron chi connectivity index (χ0n) is 12.4. The Bertz CT molecular complexity index is 661. The van der Waals surface area contributed by atoms with Crippen LogP contribution in [0.3, 0.4) is 0 Å². The highest BCUT2D eigenvalue weighted by Crippen LogP contribution is 2.30. The van der Waals surface area contributed by atoms with Crippen molar-refractivity contribution in [2.75, 3.05) is 50.2 Å². The van der Waals surface area contributed by atoms with Crippen molar-refractivity contribution in [2.45, 2.75) is 18.8 Å². The number of nitrogens with zero attached hydrogens (tertiary/aromatic N) is 5. The van der Waals surface area contributed by atoms with Crippen LogP contribution >= 0.6 is 0 Å². The van der Waals surface area contributed by atoms with Crippen molar-refractivity contribution in [1.29, 1.82) is 0 Å². The van der Waals surface area contributed by atoms with Crippen LogP contribution in [0.2, 0.25) is 0 Å². The number of aromatic nitrogens is 4. The molecule has 2 fully saturated rings. The van der Waals surface area contributed by atoms with Crippen LogP contribution in [0.1, 0.15) is 24.3 Å². The molecule has 0 amide bonds. The second-order valence-corrected chi connectivity index (χ2v) is 5.70. The minimum absolute atomic E-state index is 0.379. The van der Waals surface area contributed by atoms with Gasteiger partial charge in [0.25, 0.3) is 0 Å². The van der Waals surface area contributed by atoms with Crippen LogP contribution in [0.5, 0.6) is 0 Å². The standard InChI is InChI=1S/C14H20N6O2/c15-13-18-14(19-3-7-22-8-4-19)17-12-11(9-16-20(12)13)10-1-5-21-6-2-10/h9-10H,1-8H2,(H2,15,17,18). The van der Waals surface area contributed by atoms with Gasteiger partial charge in [-0.15, -0.1) is 0 Å².